The first-order valence-electron chi connectivity index (χ1n) is 9.76. The maximum Gasteiger partial charge on any atom is 0.246 e. The molecule has 146 valence electrons. The molecule has 1 aliphatic rings. The number of carbonyl (C=O) groups excluding carboxylic acids is 1. The summed E-state index contributed by atoms with van der Waals surface area (Å²) in [6.07, 6.45) is 4.23. The third kappa shape index (κ3) is 4.19. The molecule has 2 aromatic carbocycles. The van der Waals surface area contributed by atoms with E-state index >= 15 is 0 Å². The highest BCUT2D eigenvalue weighted by atomic mass is 16.2. The van der Waals surface area contributed by atoms with E-state index in [2.05, 4.69) is 0 Å². The van der Waals surface area contributed by atoms with Gasteiger partial charge in [-0.1, -0.05) is 60.7 Å². The van der Waals surface area contributed by atoms with Gasteiger partial charge in [0, 0.05) is 44.3 Å². The zero-order valence-electron chi connectivity index (χ0n) is 16.7. The van der Waals surface area contributed by atoms with Crippen LogP contribution in [-0.2, 0) is 17.8 Å². The number of nitrogens with zero attached hydrogens (tertiary/aromatic N) is 4. The Balaban J connectivity index is 1.60. The highest BCUT2D eigenvalue weighted by molar-refractivity contribution is 5.92. The van der Waals surface area contributed by atoms with E-state index in [9.17, 15) is 4.79 Å². The van der Waals surface area contributed by atoms with Crippen LogP contribution in [0.1, 0.15) is 16.8 Å². The van der Waals surface area contributed by atoms with Crippen molar-refractivity contribution >= 4 is 17.8 Å². The van der Waals surface area contributed by atoms with Crippen LogP contribution in [0.15, 0.2) is 66.7 Å². The minimum atomic E-state index is 0.0105. The van der Waals surface area contributed by atoms with Crippen LogP contribution in [0, 0.1) is 0 Å². The van der Waals surface area contributed by atoms with Gasteiger partial charge in [-0.05, 0) is 11.6 Å². The van der Waals surface area contributed by atoms with E-state index in [0.717, 1.165) is 40.4 Å². The lowest BCUT2D eigenvalue weighted by Crippen LogP contribution is -2.36. The molecule has 0 aliphatic carbocycles. The summed E-state index contributed by atoms with van der Waals surface area (Å²) in [6, 6.07) is 19.9. The predicted molar refractivity (Wildman–Crippen MR) is 116 cm³/mol. The molecule has 0 atom stereocenters. The number of fused-ring (bicyclic) bond motifs is 1. The van der Waals surface area contributed by atoms with Crippen LogP contribution in [0.4, 0.5) is 5.82 Å². The predicted octanol–water partition coefficient (Wildman–Crippen LogP) is 3.81. The van der Waals surface area contributed by atoms with Crippen molar-refractivity contribution in [2.45, 2.75) is 13.0 Å². The highest BCUT2D eigenvalue weighted by Gasteiger charge is 2.25. The molecule has 5 nitrogen and oxygen atoms in total. The fourth-order valence-corrected chi connectivity index (χ4v) is 3.51. The van der Waals surface area contributed by atoms with Crippen molar-refractivity contribution in [1.82, 2.24) is 14.9 Å². The molecule has 29 heavy (non-hydrogen) atoms. The van der Waals surface area contributed by atoms with E-state index in [4.69, 9.17) is 9.97 Å². The van der Waals surface area contributed by atoms with Gasteiger partial charge in [-0.2, -0.15) is 0 Å². The van der Waals surface area contributed by atoms with Crippen LogP contribution in [0.5, 0.6) is 0 Å². The fourth-order valence-electron chi connectivity index (χ4n) is 3.51. The SMILES string of the molecule is CN(C)c1nc(-c2ccccc2)nc2c1CN(C(=O)/C=C/c1ccccc1)CC2. The summed E-state index contributed by atoms with van der Waals surface area (Å²) in [6.45, 7) is 1.18. The monoisotopic (exact) mass is 384 g/mol. The Kier molecular flexibility index (Phi) is 5.38. The highest BCUT2D eigenvalue weighted by Crippen LogP contribution is 2.28. The van der Waals surface area contributed by atoms with Crippen LogP contribution in [0.25, 0.3) is 17.5 Å². The molecular weight excluding hydrogens is 360 g/mol. The number of anilines is 1. The fraction of sp³-hybridized carbons (Fsp3) is 0.208. The second-order valence-corrected chi connectivity index (χ2v) is 7.31. The second kappa shape index (κ2) is 8.27. The Bertz CT molecular complexity index is 1030. The van der Waals surface area contributed by atoms with E-state index in [-0.39, 0.29) is 5.91 Å². The van der Waals surface area contributed by atoms with Crippen molar-refractivity contribution < 1.29 is 4.79 Å². The molecule has 1 aromatic heterocycles. The third-order valence-electron chi connectivity index (χ3n) is 5.02. The number of hydrogen-bond acceptors (Lipinski definition) is 4. The molecule has 0 saturated carbocycles. The topological polar surface area (TPSA) is 49.3 Å². The first-order chi connectivity index (χ1) is 14.1. The summed E-state index contributed by atoms with van der Waals surface area (Å²) in [7, 11) is 3.96. The molecule has 0 saturated heterocycles. The molecule has 0 unspecified atom stereocenters. The lowest BCUT2D eigenvalue weighted by Gasteiger charge is -2.30. The minimum Gasteiger partial charge on any atom is -0.362 e. The molecule has 4 rings (SSSR count). The van der Waals surface area contributed by atoms with Crippen molar-refractivity contribution in [2.24, 2.45) is 0 Å². The molecule has 0 radical (unpaired) electrons. The molecule has 0 spiro atoms. The lowest BCUT2D eigenvalue weighted by atomic mass is 10.0. The minimum absolute atomic E-state index is 0.0105. The third-order valence-corrected chi connectivity index (χ3v) is 5.02. The Morgan fingerprint density at radius 2 is 1.69 bits per heavy atom. The summed E-state index contributed by atoms with van der Waals surface area (Å²) in [5, 5.41) is 0. The molecule has 0 fully saturated rings. The van der Waals surface area contributed by atoms with E-state index in [1.54, 1.807) is 6.08 Å². The molecule has 2 heterocycles. The van der Waals surface area contributed by atoms with Gasteiger partial charge in [0.25, 0.3) is 0 Å². The number of aromatic nitrogens is 2. The maximum absolute atomic E-state index is 12.7. The van der Waals surface area contributed by atoms with Crippen LogP contribution in [0.3, 0.4) is 0 Å². The lowest BCUT2D eigenvalue weighted by molar-refractivity contribution is -0.126. The van der Waals surface area contributed by atoms with Gasteiger partial charge in [0.15, 0.2) is 5.82 Å². The first kappa shape index (κ1) is 18.9. The molecule has 5 heteroatoms. The van der Waals surface area contributed by atoms with Crippen molar-refractivity contribution in [1.29, 1.82) is 0 Å². The average molecular weight is 384 g/mol. The molecule has 1 aliphatic heterocycles. The van der Waals surface area contributed by atoms with Crippen LogP contribution in [0.2, 0.25) is 0 Å². The number of amides is 1. The number of benzene rings is 2. The summed E-state index contributed by atoms with van der Waals surface area (Å²) in [5.41, 5.74) is 4.08. The Morgan fingerprint density at radius 1 is 1.00 bits per heavy atom. The van der Waals surface area contributed by atoms with Crippen molar-refractivity contribution in [3.8, 4) is 11.4 Å². The summed E-state index contributed by atoms with van der Waals surface area (Å²) in [5.74, 6) is 1.62. The van der Waals surface area contributed by atoms with Gasteiger partial charge in [0.05, 0.1) is 12.2 Å². The van der Waals surface area contributed by atoms with E-state index in [1.165, 1.54) is 0 Å². The Hall–Kier alpha value is -3.47. The van der Waals surface area contributed by atoms with Gasteiger partial charge in [0.1, 0.15) is 5.82 Å². The summed E-state index contributed by atoms with van der Waals surface area (Å²) in [4.78, 5) is 26.2. The zero-order valence-corrected chi connectivity index (χ0v) is 16.7. The van der Waals surface area contributed by atoms with E-state index < -0.39 is 0 Å². The van der Waals surface area contributed by atoms with Gasteiger partial charge in [-0.25, -0.2) is 9.97 Å². The van der Waals surface area contributed by atoms with E-state index in [1.807, 2.05) is 90.6 Å². The Morgan fingerprint density at radius 3 is 2.38 bits per heavy atom. The van der Waals surface area contributed by atoms with Crippen LogP contribution < -0.4 is 4.90 Å². The van der Waals surface area contributed by atoms with Gasteiger partial charge in [-0.15, -0.1) is 0 Å². The van der Waals surface area contributed by atoms with E-state index in [0.29, 0.717) is 13.1 Å². The number of rotatable bonds is 4. The van der Waals surface area contributed by atoms with Gasteiger partial charge in [-0.3, -0.25) is 4.79 Å². The van der Waals surface area contributed by atoms with Crippen LogP contribution in [-0.4, -0.2) is 41.4 Å². The maximum atomic E-state index is 12.7. The van der Waals surface area contributed by atoms with Gasteiger partial charge < -0.3 is 9.80 Å². The van der Waals surface area contributed by atoms with Crippen molar-refractivity contribution in [2.75, 3.05) is 25.5 Å². The van der Waals surface area contributed by atoms with Crippen LogP contribution >= 0.6 is 0 Å². The largest absolute Gasteiger partial charge is 0.362 e. The zero-order chi connectivity index (χ0) is 20.2. The number of carbonyl (C=O) groups is 1. The molecule has 1 amide bonds. The quantitative estimate of drug-likeness (QED) is 0.642. The summed E-state index contributed by atoms with van der Waals surface area (Å²) >= 11 is 0. The molecule has 0 bridgehead atoms. The number of hydrogen-bond donors (Lipinski definition) is 0. The summed E-state index contributed by atoms with van der Waals surface area (Å²) < 4.78 is 0. The molecule has 0 N–H and O–H groups in total. The van der Waals surface area contributed by atoms with Gasteiger partial charge in [0.2, 0.25) is 5.91 Å². The average Bonchev–Trinajstić information content (AvgIpc) is 2.77. The Labute approximate surface area is 171 Å². The van der Waals surface area contributed by atoms with Crippen molar-refractivity contribution in [3.63, 3.8) is 0 Å². The smallest absolute Gasteiger partial charge is 0.246 e. The molecular formula is C24H24N4O. The first-order valence-corrected chi connectivity index (χ1v) is 9.76. The normalized spacial score (nSPS) is 13.4. The second-order valence-electron chi connectivity index (χ2n) is 7.31. The van der Waals surface area contributed by atoms with Gasteiger partial charge >= 0.3 is 0 Å². The molecule has 3 aromatic rings. The standard InChI is InChI=1S/C24H24N4O/c1-27(2)24-20-17-28(22(29)14-13-18-9-5-3-6-10-18)16-15-21(20)25-23(26-24)19-11-7-4-8-12-19/h3-14H,15-17H2,1-2H3/b14-13+. The van der Waals surface area contributed by atoms with Crippen molar-refractivity contribution in [3.05, 3.63) is 83.6 Å².